The molecule has 1 N–H and O–H groups in total. The van der Waals surface area contributed by atoms with Gasteiger partial charge in [0.1, 0.15) is 0 Å². The lowest BCUT2D eigenvalue weighted by Crippen LogP contribution is -2.51. The van der Waals surface area contributed by atoms with E-state index in [-0.39, 0.29) is 0 Å². The number of hydroxylamine groups is 2. The Labute approximate surface area is 65.1 Å². The van der Waals surface area contributed by atoms with Gasteiger partial charge in [0.05, 0.1) is 0 Å². The highest BCUT2D eigenvalue weighted by Crippen LogP contribution is 2.12. The highest BCUT2D eigenvalue weighted by Gasteiger charge is 2.29. The molecule has 0 aliphatic carbocycles. The zero-order chi connectivity index (χ0) is 8.43. The third-order valence-electron chi connectivity index (χ3n) is 1.78. The standard InChI is InChI=1S/C6H12N2O3/c1-7-4-3-5(11-2)8(10)6(7)9/h5,10H,3-4H2,1-2H3. The molecular weight excluding hydrogens is 148 g/mol. The number of carbonyl (C=O) groups excluding carboxylic acids is 1. The molecule has 11 heavy (non-hydrogen) atoms. The number of amides is 2. The van der Waals surface area contributed by atoms with Gasteiger partial charge in [0, 0.05) is 27.1 Å². The second kappa shape index (κ2) is 3.06. The number of hydrogen-bond donors (Lipinski definition) is 1. The topological polar surface area (TPSA) is 53.0 Å². The monoisotopic (exact) mass is 160 g/mol. The highest BCUT2D eigenvalue weighted by molar-refractivity contribution is 5.73. The molecule has 0 aromatic carbocycles. The van der Waals surface area contributed by atoms with Gasteiger partial charge >= 0.3 is 6.03 Å². The second-order valence-corrected chi connectivity index (χ2v) is 2.53. The van der Waals surface area contributed by atoms with Crippen LogP contribution in [0, 0.1) is 0 Å². The van der Waals surface area contributed by atoms with Crippen molar-refractivity contribution < 1.29 is 14.7 Å². The van der Waals surface area contributed by atoms with Crippen molar-refractivity contribution in [3.05, 3.63) is 0 Å². The van der Waals surface area contributed by atoms with E-state index in [1.165, 1.54) is 12.0 Å². The molecule has 1 aliphatic rings. The average molecular weight is 160 g/mol. The van der Waals surface area contributed by atoms with E-state index in [9.17, 15) is 4.79 Å². The summed E-state index contributed by atoms with van der Waals surface area (Å²) in [6.07, 6.45) is 0.147. The molecule has 0 aromatic heterocycles. The zero-order valence-electron chi connectivity index (χ0n) is 6.65. The second-order valence-electron chi connectivity index (χ2n) is 2.53. The third kappa shape index (κ3) is 1.44. The first kappa shape index (κ1) is 8.29. The summed E-state index contributed by atoms with van der Waals surface area (Å²) < 4.78 is 4.85. The largest absolute Gasteiger partial charge is 0.359 e. The van der Waals surface area contributed by atoms with Crippen molar-refractivity contribution in [3.8, 4) is 0 Å². The van der Waals surface area contributed by atoms with Crippen LogP contribution < -0.4 is 0 Å². The van der Waals surface area contributed by atoms with Crippen molar-refractivity contribution in [2.75, 3.05) is 20.7 Å². The van der Waals surface area contributed by atoms with Gasteiger partial charge < -0.3 is 9.64 Å². The van der Waals surface area contributed by atoms with Crippen LogP contribution in [0.2, 0.25) is 0 Å². The zero-order valence-corrected chi connectivity index (χ0v) is 6.65. The van der Waals surface area contributed by atoms with Gasteiger partial charge in [0.25, 0.3) is 0 Å². The number of urea groups is 1. The van der Waals surface area contributed by atoms with Crippen LogP contribution in [0.25, 0.3) is 0 Å². The smallest absolute Gasteiger partial charge is 0.346 e. The average Bonchev–Trinajstić information content (AvgIpc) is 2.01. The first-order valence-corrected chi connectivity index (χ1v) is 3.43. The van der Waals surface area contributed by atoms with Gasteiger partial charge in [0.2, 0.25) is 0 Å². The molecular formula is C6H12N2O3. The molecule has 1 saturated heterocycles. The molecule has 64 valence electrons. The summed E-state index contributed by atoms with van der Waals surface area (Å²) in [4.78, 5) is 12.5. The van der Waals surface area contributed by atoms with Crippen LogP contribution in [0.15, 0.2) is 0 Å². The molecule has 1 heterocycles. The number of ether oxygens (including phenoxy) is 1. The summed E-state index contributed by atoms with van der Waals surface area (Å²) >= 11 is 0. The fourth-order valence-corrected chi connectivity index (χ4v) is 1.04. The Bertz CT molecular complexity index is 162. The summed E-state index contributed by atoms with van der Waals surface area (Å²) in [5, 5.41) is 9.74. The fourth-order valence-electron chi connectivity index (χ4n) is 1.04. The molecule has 0 radical (unpaired) electrons. The van der Waals surface area contributed by atoms with E-state index in [0.29, 0.717) is 18.0 Å². The van der Waals surface area contributed by atoms with E-state index >= 15 is 0 Å². The van der Waals surface area contributed by atoms with Crippen LogP contribution in [0.4, 0.5) is 4.79 Å². The van der Waals surface area contributed by atoms with E-state index in [0.717, 1.165) is 0 Å². The maximum absolute atomic E-state index is 11.0. The molecule has 5 heteroatoms. The van der Waals surface area contributed by atoms with Gasteiger partial charge in [-0.05, 0) is 0 Å². The quantitative estimate of drug-likeness (QED) is 0.554. The number of hydrogen-bond acceptors (Lipinski definition) is 3. The SMILES string of the molecule is COC1CCN(C)C(=O)N1O. The van der Waals surface area contributed by atoms with Gasteiger partial charge in [0.15, 0.2) is 6.23 Å². The highest BCUT2D eigenvalue weighted by atomic mass is 16.6. The Kier molecular flexibility index (Phi) is 2.31. The molecule has 1 atom stereocenters. The molecule has 0 aromatic rings. The summed E-state index contributed by atoms with van der Waals surface area (Å²) in [6.45, 7) is 0.619. The van der Waals surface area contributed by atoms with Crippen LogP contribution in [-0.4, -0.2) is 48.1 Å². The molecule has 1 aliphatic heterocycles. The lowest BCUT2D eigenvalue weighted by atomic mass is 10.3. The van der Waals surface area contributed by atoms with Gasteiger partial charge in [-0.25, -0.2) is 4.79 Å². The molecule has 2 amide bonds. The summed E-state index contributed by atoms with van der Waals surface area (Å²) in [6, 6.07) is -0.414. The molecule has 0 spiro atoms. The lowest BCUT2D eigenvalue weighted by molar-refractivity contribution is -0.187. The Morgan fingerprint density at radius 1 is 1.73 bits per heavy atom. The lowest BCUT2D eigenvalue weighted by Gasteiger charge is -2.34. The van der Waals surface area contributed by atoms with Gasteiger partial charge in [-0.15, -0.1) is 0 Å². The summed E-state index contributed by atoms with van der Waals surface area (Å²) in [7, 11) is 3.10. The third-order valence-corrected chi connectivity index (χ3v) is 1.78. The van der Waals surface area contributed by atoms with Crippen molar-refractivity contribution in [1.82, 2.24) is 9.96 Å². The number of rotatable bonds is 1. The summed E-state index contributed by atoms with van der Waals surface area (Å²) in [5.74, 6) is 0. The van der Waals surface area contributed by atoms with Gasteiger partial charge in [-0.2, -0.15) is 5.06 Å². The van der Waals surface area contributed by atoms with E-state index in [1.54, 1.807) is 7.05 Å². The minimum Gasteiger partial charge on any atom is -0.359 e. The van der Waals surface area contributed by atoms with Crippen LogP contribution in [0.5, 0.6) is 0 Å². The summed E-state index contributed by atoms with van der Waals surface area (Å²) in [5.41, 5.74) is 0. The Morgan fingerprint density at radius 3 is 2.91 bits per heavy atom. The van der Waals surface area contributed by atoms with Crippen molar-refractivity contribution in [3.63, 3.8) is 0 Å². The fraction of sp³-hybridized carbons (Fsp3) is 0.833. The molecule has 0 bridgehead atoms. The Hall–Kier alpha value is -0.810. The normalized spacial score (nSPS) is 26.1. The molecule has 1 rings (SSSR count). The first-order valence-electron chi connectivity index (χ1n) is 3.43. The number of nitrogens with zero attached hydrogens (tertiary/aromatic N) is 2. The van der Waals surface area contributed by atoms with E-state index in [2.05, 4.69) is 0 Å². The van der Waals surface area contributed by atoms with Gasteiger partial charge in [-0.1, -0.05) is 0 Å². The predicted molar refractivity (Wildman–Crippen MR) is 37.1 cm³/mol. The molecule has 5 nitrogen and oxygen atoms in total. The van der Waals surface area contributed by atoms with Crippen LogP contribution >= 0.6 is 0 Å². The molecule has 1 unspecified atom stereocenters. The van der Waals surface area contributed by atoms with Crippen LogP contribution in [0.3, 0.4) is 0 Å². The van der Waals surface area contributed by atoms with Crippen molar-refractivity contribution in [1.29, 1.82) is 0 Å². The van der Waals surface area contributed by atoms with E-state index < -0.39 is 12.3 Å². The van der Waals surface area contributed by atoms with E-state index in [4.69, 9.17) is 9.94 Å². The van der Waals surface area contributed by atoms with Crippen LogP contribution in [-0.2, 0) is 4.74 Å². The van der Waals surface area contributed by atoms with Crippen molar-refractivity contribution in [2.45, 2.75) is 12.6 Å². The minimum atomic E-state index is -0.487. The number of methoxy groups -OCH3 is 1. The number of carbonyl (C=O) groups is 1. The molecule has 1 fully saturated rings. The predicted octanol–water partition coefficient (Wildman–Crippen LogP) is 0.106. The van der Waals surface area contributed by atoms with Gasteiger partial charge in [-0.3, -0.25) is 5.21 Å². The molecule has 0 saturated carbocycles. The van der Waals surface area contributed by atoms with Crippen molar-refractivity contribution >= 4 is 6.03 Å². The Morgan fingerprint density at radius 2 is 2.36 bits per heavy atom. The maximum Gasteiger partial charge on any atom is 0.346 e. The first-order chi connectivity index (χ1) is 5.16. The van der Waals surface area contributed by atoms with Crippen LogP contribution in [0.1, 0.15) is 6.42 Å². The maximum atomic E-state index is 11.0. The van der Waals surface area contributed by atoms with E-state index in [1.807, 2.05) is 0 Å². The minimum absolute atomic E-state index is 0.414. The van der Waals surface area contributed by atoms with Crippen molar-refractivity contribution in [2.24, 2.45) is 0 Å². The Balaban J connectivity index is 2.59.